The number of ether oxygens (including phenoxy) is 1. The number of nitrogens with one attached hydrogen (secondary N) is 3. The molecule has 1 saturated carbocycles. The van der Waals surface area contributed by atoms with Gasteiger partial charge in [-0.3, -0.25) is 43.9 Å². The van der Waals surface area contributed by atoms with Gasteiger partial charge in [0.05, 0.1) is 17.5 Å². The zero-order valence-corrected chi connectivity index (χ0v) is 36.5. The molecule has 0 unspecified atom stereocenters. The Balaban J connectivity index is 0.657. The van der Waals surface area contributed by atoms with E-state index in [1.165, 1.54) is 6.07 Å². The summed E-state index contributed by atoms with van der Waals surface area (Å²) in [6.45, 7) is 7.47. The van der Waals surface area contributed by atoms with Crippen LogP contribution in [0.4, 0.5) is 17.2 Å². The first-order valence-corrected chi connectivity index (χ1v) is 22.6. The SMILES string of the molecule is Cc1cccc(C(=O)NC2CC(n3cnc4c(Nc5ccc(N6CCN(CC7CCN(C(=O)COc8cccc9c8C(=O)N([C@H]8CCC(=O)NC8=O)C9=O)CC7)CC6)cc5)ncnc43)C2)n1. The summed E-state index contributed by atoms with van der Waals surface area (Å²) < 4.78 is 7.93. The van der Waals surface area contributed by atoms with Gasteiger partial charge in [0.15, 0.2) is 23.6 Å². The smallest absolute Gasteiger partial charge is 0.270 e. The van der Waals surface area contributed by atoms with E-state index in [2.05, 4.69) is 74.5 Å². The quantitative estimate of drug-likeness (QED) is 0.153. The van der Waals surface area contributed by atoms with Crippen molar-refractivity contribution >= 4 is 63.8 Å². The number of aromatic nitrogens is 5. The summed E-state index contributed by atoms with van der Waals surface area (Å²) in [5.41, 5.74) is 4.85. The van der Waals surface area contributed by atoms with Gasteiger partial charge in [-0.25, -0.2) is 19.9 Å². The number of piperazine rings is 1. The number of anilines is 3. The molecule has 3 aromatic heterocycles. The summed E-state index contributed by atoms with van der Waals surface area (Å²) in [6.07, 6.45) is 6.74. The Morgan fingerprint density at radius 3 is 2.38 bits per heavy atom. The molecule has 1 aliphatic carbocycles. The highest BCUT2D eigenvalue weighted by Crippen LogP contribution is 2.36. The molecule has 0 radical (unpaired) electrons. The minimum atomic E-state index is -1.08. The van der Waals surface area contributed by atoms with Gasteiger partial charge in [0.1, 0.15) is 23.8 Å². The number of rotatable bonds is 12. The van der Waals surface area contributed by atoms with Gasteiger partial charge >= 0.3 is 0 Å². The number of amides is 6. The molecule has 10 rings (SSSR count). The van der Waals surface area contributed by atoms with Gasteiger partial charge in [-0.05, 0) is 93.5 Å². The minimum Gasteiger partial charge on any atom is -0.483 e. The second-order valence-electron chi connectivity index (χ2n) is 17.7. The summed E-state index contributed by atoms with van der Waals surface area (Å²) in [6, 6.07) is 17.6. The fraction of sp³-hybridized carbons (Fsp3) is 0.404. The molecule has 3 saturated heterocycles. The first kappa shape index (κ1) is 42.7. The number of hydrogen-bond donors (Lipinski definition) is 3. The second kappa shape index (κ2) is 17.9. The highest BCUT2D eigenvalue weighted by Gasteiger charge is 2.46. The van der Waals surface area contributed by atoms with Gasteiger partial charge in [0.25, 0.3) is 23.6 Å². The van der Waals surface area contributed by atoms with Crippen molar-refractivity contribution in [1.29, 1.82) is 0 Å². The maximum Gasteiger partial charge on any atom is 0.270 e. The van der Waals surface area contributed by atoms with Crippen molar-refractivity contribution in [3.8, 4) is 5.75 Å². The molecule has 66 heavy (non-hydrogen) atoms. The third kappa shape index (κ3) is 8.53. The molecule has 3 N–H and O–H groups in total. The number of hydrogen-bond acceptors (Lipinski definition) is 14. The molecule has 5 aromatic rings. The van der Waals surface area contributed by atoms with Crippen LogP contribution in [-0.4, -0.2) is 139 Å². The number of benzene rings is 2. The van der Waals surface area contributed by atoms with E-state index in [1.807, 2.05) is 19.1 Å². The lowest BCUT2D eigenvalue weighted by Gasteiger charge is -2.39. The van der Waals surface area contributed by atoms with E-state index in [-0.39, 0.29) is 60.2 Å². The number of carbonyl (C=O) groups is 6. The van der Waals surface area contributed by atoms with Crippen LogP contribution in [0.3, 0.4) is 0 Å². The molecule has 0 bridgehead atoms. The highest BCUT2D eigenvalue weighted by atomic mass is 16.5. The van der Waals surface area contributed by atoms with Crippen LogP contribution < -0.4 is 25.6 Å². The monoisotopic (exact) mass is 894 g/mol. The maximum absolute atomic E-state index is 13.4. The standard InChI is InChI=1S/C47H50N12O7/c1-28-4-2-6-35(51-28)44(62)53-31-22-33(23-31)58-27-50-41-42(48-26-49-43(41)58)52-30-8-10-32(11-9-30)56-20-18-55(19-21-56)24-29-14-16-57(17-15-29)39(61)25-66-37-7-3-5-34-40(37)47(65)59(46(34)64)36-12-13-38(60)54-45(36)63/h2-11,26-27,29,31,33,36H,12-25H2,1H3,(H,53,62)(H,48,49,52)(H,54,60,63)/t31?,33?,36-/m0/s1. The molecule has 4 aliphatic heterocycles. The Morgan fingerprint density at radius 1 is 0.848 bits per heavy atom. The van der Waals surface area contributed by atoms with E-state index in [0.717, 1.165) is 86.0 Å². The predicted octanol–water partition coefficient (Wildman–Crippen LogP) is 3.25. The fourth-order valence-corrected chi connectivity index (χ4v) is 9.72. The molecule has 1 atom stereocenters. The van der Waals surface area contributed by atoms with Crippen molar-refractivity contribution in [3.05, 3.63) is 95.8 Å². The van der Waals surface area contributed by atoms with E-state index in [1.54, 1.807) is 35.8 Å². The molecule has 340 valence electrons. The van der Waals surface area contributed by atoms with E-state index >= 15 is 0 Å². The number of likely N-dealkylation sites (tertiary alicyclic amines) is 1. The lowest BCUT2D eigenvalue weighted by molar-refractivity contribution is -0.136. The maximum atomic E-state index is 13.4. The van der Waals surface area contributed by atoms with E-state index in [9.17, 15) is 28.8 Å². The first-order valence-electron chi connectivity index (χ1n) is 22.6. The fourth-order valence-electron chi connectivity index (χ4n) is 9.72. The van der Waals surface area contributed by atoms with Crippen LogP contribution in [0.2, 0.25) is 0 Å². The topological polar surface area (TPSA) is 217 Å². The first-order chi connectivity index (χ1) is 32.1. The Kier molecular flexibility index (Phi) is 11.6. The van der Waals surface area contributed by atoms with Crippen molar-refractivity contribution in [1.82, 2.24) is 49.8 Å². The predicted molar refractivity (Wildman–Crippen MR) is 240 cm³/mol. The lowest BCUT2D eigenvalue weighted by Crippen LogP contribution is -2.54. The van der Waals surface area contributed by atoms with Crippen LogP contribution in [0.1, 0.15) is 81.5 Å². The molecule has 0 spiro atoms. The number of imidazole rings is 1. The van der Waals surface area contributed by atoms with Crippen molar-refractivity contribution < 1.29 is 33.5 Å². The average molecular weight is 895 g/mol. The molecular weight excluding hydrogens is 845 g/mol. The summed E-state index contributed by atoms with van der Waals surface area (Å²) in [7, 11) is 0. The summed E-state index contributed by atoms with van der Waals surface area (Å²) >= 11 is 0. The van der Waals surface area contributed by atoms with Gasteiger partial charge in [-0.2, -0.15) is 0 Å². The molecule has 19 nitrogen and oxygen atoms in total. The normalized spacial score (nSPS) is 21.4. The van der Waals surface area contributed by atoms with Gasteiger partial charge < -0.3 is 29.7 Å². The van der Waals surface area contributed by atoms with Gasteiger partial charge in [-0.15, -0.1) is 0 Å². The summed E-state index contributed by atoms with van der Waals surface area (Å²) in [5, 5.41) is 8.72. The highest BCUT2D eigenvalue weighted by molar-refractivity contribution is 6.24. The minimum absolute atomic E-state index is 0.0264. The Hall–Kier alpha value is -7.28. The Morgan fingerprint density at radius 2 is 1.62 bits per heavy atom. The van der Waals surface area contributed by atoms with Crippen molar-refractivity contribution in [2.45, 2.75) is 63.6 Å². The van der Waals surface area contributed by atoms with Crippen LogP contribution in [-0.2, 0) is 14.4 Å². The molecule has 4 fully saturated rings. The third-order valence-corrected chi connectivity index (χ3v) is 13.5. The number of imide groups is 2. The lowest BCUT2D eigenvalue weighted by atomic mass is 9.86. The Bertz CT molecular complexity index is 2720. The molecular formula is C47H50N12O7. The van der Waals surface area contributed by atoms with Gasteiger partial charge in [0, 0.05) is 81.4 Å². The average Bonchev–Trinajstić information content (AvgIpc) is 3.85. The van der Waals surface area contributed by atoms with Gasteiger partial charge in [0.2, 0.25) is 11.8 Å². The number of piperidine rings is 2. The van der Waals surface area contributed by atoms with Crippen LogP contribution >= 0.6 is 0 Å². The van der Waals surface area contributed by atoms with Crippen molar-refractivity contribution in [2.75, 3.05) is 62.6 Å². The number of carbonyl (C=O) groups excluding carboxylic acids is 6. The van der Waals surface area contributed by atoms with Crippen molar-refractivity contribution in [2.24, 2.45) is 5.92 Å². The van der Waals surface area contributed by atoms with Gasteiger partial charge in [-0.1, -0.05) is 12.1 Å². The summed E-state index contributed by atoms with van der Waals surface area (Å²) in [4.78, 5) is 102. The second-order valence-corrected chi connectivity index (χ2v) is 17.7. The third-order valence-electron chi connectivity index (χ3n) is 13.5. The van der Waals surface area contributed by atoms with E-state index in [0.29, 0.717) is 36.0 Å². The molecule has 6 amide bonds. The molecule has 2 aromatic carbocycles. The molecule has 19 heteroatoms. The van der Waals surface area contributed by atoms with Crippen molar-refractivity contribution in [3.63, 3.8) is 0 Å². The number of aryl methyl sites for hydroxylation is 1. The number of pyridine rings is 1. The van der Waals surface area contributed by atoms with E-state index in [4.69, 9.17) is 4.74 Å². The van der Waals surface area contributed by atoms with Crippen LogP contribution in [0.25, 0.3) is 11.2 Å². The zero-order chi connectivity index (χ0) is 45.5. The Labute approximate surface area is 379 Å². The number of fused-ring (bicyclic) bond motifs is 2. The van der Waals surface area contributed by atoms with E-state index < -0.39 is 29.7 Å². The zero-order valence-electron chi connectivity index (χ0n) is 36.5. The van der Waals surface area contributed by atoms with Crippen LogP contribution in [0.5, 0.6) is 5.75 Å². The molecule has 7 heterocycles. The summed E-state index contributed by atoms with van der Waals surface area (Å²) in [5.74, 6) is -1.57. The van der Waals surface area contributed by atoms with Crippen LogP contribution in [0, 0.1) is 12.8 Å². The number of nitrogens with zero attached hydrogens (tertiary/aromatic N) is 9. The van der Waals surface area contributed by atoms with Crippen LogP contribution in [0.15, 0.2) is 73.3 Å². The largest absolute Gasteiger partial charge is 0.483 e. The molecule has 5 aliphatic rings.